The molecule has 1 atom stereocenters. The minimum atomic E-state index is -0.229. The Labute approximate surface area is 118 Å². The summed E-state index contributed by atoms with van der Waals surface area (Å²) in [6, 6.07) is 5.31. The van der Waals surface area contributed by atoms with E-state index in [0.717, 1.165) is 24.2 Å². The summed E-state index contributed by atoms with van der Waals surface area (Å²) in [5.74, 6) is -0.229. The van der Waals surface area contributed by atoms with Gasteiger partial charge in [0.25, 0.3) is 0 Å². The first kappa shape index (κ1) is 13.6. The molecule has 0 bridgehead atoms. The van der Waals surface area contributed by atoms with Gasteiger partial charge in [-0.05, 0) is 46.6 Å². The molecule has 2 rings (SSSR count). The lowest BCUT2D eigenvalue weighted by molar-refractivity contribution is 0.538. The van der Waals surface area contributed by atoms with Crippen LogP contribution >= 0.6 is 27.3 Å². The molecule has 0 radical (unpaired) electrons. The second-order valence-corrected chi connectivity index (χ2v) is 5.55. The van der Waals surface area contributed by atoms with Crippen LogP contribution in [0.3, 0.4) is 0 Å². The number of nitrogens with one attached hydrogen (secondary N) is 1. The van der Waals surface area contributed by atoms with E-state index >= 15 is 0 Å². The van der Waals surface area contributed by atoms with Gasteiger partial charge < -0.3 is 5.32 Å². The molecule has 0 spiro atoms. The number of hydrogen-bond donors (Lipinski definition) is 1. The second kappa shape index (κ2) is 6.41. The number of thiazole rings is 1. The first-order valence-electron chi connectivity index (χ1n) is 5.76. The van der Waals surface area contributed by atoms with Crippen molar-refractivity contribution in [1.82, 2.24) is 10.3 Å². The van der Waals surface area contributed by atoms with Crippen molar-refractivity contribution < 1.29 is 4.39 Å². The van der Waals surface area contributed by atoms with Crippen molar-refractivity contribution in [1.29, 1.82) is 0 Å². The van der Waals surface area contributed by atoms with Gasteiger partial charge in [0.2, 0.25) is 0 Å². The van der Waals surface area contributed by atoms with Crippen LogP contribution in [0.25, 0.3) is 0 Å². The number of likely N-dealkylation sites (N-methyl/N-ethyl adjacent to an activating group) is 1. The van der Waals surface area contributed by atoms with Crippen molar-refractivity contribution in [2.45, 2.75) is 19.4 Å². The third-order valence-electron chi connectivity index (χ3n) is 2.68. The third kappa shape index (κ3) is 3.37. The van der Waals surface area contributed by atoms with Gasteiger partial charge in [-0.2, -0.15) is 0 Å². The lowest BCUT2D eigenvalue weighted by atomic mass is 10.0. The van der Waals surface area contributed by atoms with E-state index in [0.29, 0.717) is 4.47 Å². The van der Waals surface area contributed by atoms with Crippen molar-refractivity contribution in [3.8, 4) is 0 Å². The van der Waals surface area contributed by atoms with Crippen molar-refractivity contribution in [2.24, 2.45) is 0 Å². The molecule has 0 saturated carbocycles. The van der Waals surface area contributed by atoms with Crippen LogP contribution in [0.1, 0.15) is 24.2 Å². The fourth-order valence-corrected chi connectivity index (χ4v) is 2.86. The Bertz CT molecular complexity index is 502. The van der Waals surface area contributed by atoms with Crippen molar-refractivity contribution in [2.75, 3.05) is 6.54 Å². The van der Waals surface area contributed by atoms with Gasteiger partial charge in [-0.25, -0.2) is 9.37 Å². The zero-order valence-electron chi connectivity index (χ0n) is 9.99. The standard InChI is InChI=1S/C13H14BrFN2S/c1-2-16-12(13-7-18-8-17-13)6-9-3-4-11(15)10(14)5-9/h3-5,7-8,12,16H,2,6H2,1H3. The molecule has 1 unspecified atom stereocenters. The van der Waals surface area contributed by atoms with Gasteiger partial charge in [0.05, 0.1) is 21.7 Å². The first-order valence-corrected chi connectivity index (χ1v) is 7.49. The molecule has 2 aromatic rings. The number of rotatable bonds is 5. The van der Waals surface area contributed by atoms with Gasteiger partial charge >= 0.3 is 0 Å². The third-order valence-corrected chi connectivity index (χ3v) is 3.90. The summed E-state index contributed by atoms with van der Waals surface area (Å²) >= 11 is 4.80. The SMILES string of the molecule is CCNC(Cc1ccc(F)c(Br)c1)c1cscn1. The van der Waals surface area contributed by atoms with Gasteiger partial charge in [0.15, 0.2) is 0 Å². The molecule has 1 aromatic heterocycles. The molecule has 0 fully saturated rings. The summed E-state index contributed by atoms with van der Waals surface area (Å²) in [6.45, 7) is 2.95. The van der Waals surface area contributed by atoms with E-state index in [4.69, 9.17) is 0 Å². The molecule has 0 aliphatic rings. The second-order valence-electron chi connectivity index (χ2n) is 3.98. The zero-order valence-corrected chi connectivity index (χ0v) is 12.4. The van der Waals surface area contributed by atoms with Crippen LogP contribution in [0.5, 0.6) is 0 Å². The van der Waals surface area contributed by atoms with E-state index in [2.05, 4.69) is 33.2 Å². The summed E-state index contributed by atoms with van der Waals surface area (Å²) in [7, 11) is 0. The monoisotopic (exact) mass is 328 g/mol. The summed E-state index contributed by atoms with van der Waals surface area (Å²) < 4.78 is 13.7. The summed E-state index contributed by atoms with van der Waals surface area (Å²) in [4.78, 5) is 4.34. The average Bonchev–Trinajstić information content (AvgIpc) is 2.87. The molecule has 0 aliphatic carbocycles. The normalized spacial score (nSPS) is 12.6. The van der Waals surface area contributed by atoms with E-state index in [9.17, 15) is 4.39 Å². The molecule has 2 nitrogen and oxygen atoms in total. The van der Waals surface area contributed by atoms with E-state index in [1.165, 1.54) is 6.07 Å². The highest BCUT2D eigenvalue weighted by Crippen LogP contribution is 2.22. The van der Waals surface area contributed by atoms with Crippen LogP contribution in [-0.4, -0.2) is 11.5 Å². The van der Waals surface area contributed by atoms with E-state index in [-0.39, 0.29) is 11.9 Å². The summed E-state index contributed by atoms with van der Waals surface area (Å²) in [5, 5.41) is 5.45. The molecular weight excluding hydrogens is 315 g/mol. The van der Waals surface area contributed by atoms with Gasteiger partial charge in [0, 0.05) is 5.38 Å². The Balaban J connectivity index is 2.16. The number of benzene rings is 1. The fraction of sp³-hybridized carbons (Fsp3) is 0.308. The van der Waals surface area contributed by atoms with E-state index in [1.54, 1.807) is 11.3 Å². The van der Waals surface area contributed by atoms with Crippen LogP contribution in [-0.2, 0) is 6.42 Å². The molecule has 1 N–H and O–H groups in total. The Kier molecular flexibility index (Phi) is 4.86. The minimum absolute atomic E-state index is 0.179. The first-order chi connectivity index (χ1) is 8.70. The Morgan fingerprint density at radius 1 is 1.50 bits per heavy atom. The summed E-state index contributed by atoms with van der Waals surface area (Å²) in [6.07, 6.45) is 0.802. The van der Waals surface area contributed by atoms with Crippen LogP contribution < -0.4 is 5.32 Å². The van der Waals surface area contributed by atoms with Crippen LogP contribution in [0, 0.1) is 5.82 Å². The molecule has 0 aliphatic heterocycles. The molecule has 1 heterocycles. The van der Waals surface area contributed by atoms with Gasteiger partial charge in [0.1, 0.15) is 5.82 Å². The quantitative estimate of drug-likeness (QED) is 0.899. The van der Waals surface area contributed by atoms with E-state index in [1.807, 2.05) is 23.0 Å². The molecule has 18 heavy (non-hydrogen) atoms. The van der Waals surface area contributed by atoms with Gasteiger partial charge in [-0.1, -0.05) is 13.0 Å². The number of nitrogens with zero attached hydrogens (tertiary/aromatic N) is 1. The van der Waals surface area contributed by atoms with Gasteiger partial charge in [-0.15, -0.1) is 11.3 Å². The van der Waals surface area contributed by atoms with Crippen LogP contribution in [0.15, 0.2) is 33.6 Å². The number of aromatic nitrogens is 1. The predicted molar refractivity (Wildman–Crippen MR) is 76.3 cm³/mol. The highest BCUT2D eigenvalue weighted by atomic mass is 79.9. The van der Waals surface area contributed by atoms with Crippen molar-refractivity contribution in [3.63, 3.8) is 0 Å². The maximum absolute atomic E-state index is 13.2. The number of hydrogen-bond acceptors (Lipinski definition) is 3. The Morgan fingerprint density at radius 2 is 2.33 bits per heavy atom. The molecular formula is C13H14BrFN2S. The lowest BCUT2D eigenvalue weighted by Crippen LogP contribution is -2.23. The number of halogens is 2. The Hall–Kier alpha value is -0.780. The highest BCUT2D eigenvalue weighted by molar-refractivity contribution is 9.10. The fourth-order valence-electron chi connectivity index (χ4n) is 1.82. The maximum atomic E-state index is 13.2. The largest absolute Gasteiger partial charge is 0.309 e. The van der Waals surface area contributed by atoms with Crippen LogP contribution in [0.4, 0.5) is 4.39 Å². The van der Waals surface area contributed by atoms with E-state index < -0.39 is 0 Å². The highest BCUT2D eigenvalue weighted by Gasteiger charge is 2.13. The zero-order chi connectivity index (χ0) is 13.0. The Morgan fingerprint density at radius 3 is 2.94 bits per heavy atom. The molecule has 96 valence electrons. The minimum Gasteiger partial charge on any atom is -0.309 e. The van der Waals surface area contributed by atoms with Gasteiger partial charge in [-0.3, -0.25) is 0 Å². The average molecular weight is 329 g/mol. The molecule has 1 aromatic carbocycles. The molecule has 0 amide bonds. The smallest absolute Gasteiger partial charge is 0.137 e. The van der Waals surface area contributed by atoms with Crippen molar-refractivity contribution >= 4 is 27.3 Å². The molecule has 0 saturated heterocycles. The molecule has 5 heteroatoms. The maximum Gasteiger partial charge on any atom is 0.137 e. The topological polar surface area (TPSA) is 24.9 Å². The lowest BCUT2D eigenvalue weighted by Gasteiger charge is -2.16. The summed E-state index contributed by atoms with van der Waals surface area (Å²) in [5.41, 5.74) is 3.96. The predicted octanol–water partition coefficient (Wildman–Crippen LogP) is 3.94. The van der Waals surface area contributed by atoms with Crippen molar-refractivity contribution in [3.05, 3.63) is 50.6 Å². The van der Waals surface area contributed by atoms with Crippen LogP contribution in [0.2, 0.25) is 0 Å².